The predicted octanol–water partition coefficient (Wildman–Crippen LogP) is 1.28. The number of hydrogen-bond acceptors (Lipinski definition) is 2. The van der Waals surface area contributed by atoms with Crippen molar-refractivity contribution in [3.63, 3.8) is 0 Å². The molecule has 1 aliphatic rings. The van der Waals surface area contributed by atoms with Crippen molar-refractivity contribution in [2.45, 2.75) is 18.9 Å². The summed E-state index contributed by atoms with van der Waals surface area (Å²) in [5, 5.41) is 9.07. The Balaban J connectivity index is 2.23. The molecule has 0 aromatic carbocycles. The lowest BCUT2D eigenvalue weighted by Gasteiger charge is -2.06. The average Bonchev–Trinajstić information content (AvgIpc) is 2.40. The summed E-state index contributed by atoms with van der Waals surface area (Å²) in [7, 11) is 0. The van der Waals surface area contributed by atoms with Crippen LogP contribution in [0.25, 0.3) is 0 Å². The molecule has 0 bridgehead atoms. The van der Waals surface area contributed by atoms with E-state index < -0.39 is 6.10 Å². The van der Waals surface area contributed by atoms with E-state index in [0.717, 1.165) is 18.8 Å². The molecule has 0 fully saturated rings. The Morgan fingerprint density at radius 3 is 3.10 bits per heavy atom. The molecule has 10 heavy (non-hydrogen) atoms. The highest BCUT2D eigenvalue weighted by molar-refractivity contribution is 6.18. The number of halogens is 1. The monoisotopic (exact) mass is 162 g/mol. The fourth-order valence-corrected chi connectivity index (χ4v) is 1.01. The fourth-order valence-electron chi connectivity index (χ4n) is 0.898. The fraction of sp³-hybridized carbons (Fsp3) is 0.714. The lowest BCUT2D eigenvalue weighted by Crippen LogP contribution is -2.09. The van der Waals surface area contributed by atoms with Gasteiger partial charge in [0.2, 0.25) is 0 Å². The highest BCUT2D eigenvalue weighted by Gasteiger charge is 2.10. The molecule has 1 aliphatic heterocycles. The minimum Gasteiger partial charge on any atom is -0.498 e. The second kappa shape index (κ2) is 3.84. The second-order valence-electron chi connectivity index (χ2n) is 2.32. The zero-order valence-electron chi connectivity index (χ0n) is 5.72. The van der Waals surface area contributed by atoms with Crippen molar-refractivity contribution in [1.82, 2.24) is 0 Å². The zero-order chi connectivity index (χ0) is 7.40. The standard InChI is InChI=1S/C7H11ClO2/c8-5-6(9)4-7-2-1-3-10-7/h2,6,9H,1,3-5H2. The Morgan fingerprint density at radius 2 is 2.60 bits per heavy atom. The third kappa shape index (κ3) is 2.20. The van der Waals surface area contributed by atoms with Gasteiger partial charge in [0.05, 0.1) is 18.5 Å². The molecule has 0 aromatic heterocycles. The minimum absolute atomic E-state index is 0.278. The van der Waals surface area contributed by atoms with Gasteiger partial charge >= 0.3 is 0 Å². The van der Waals surface area contributed by atoms with Crippen LogP contribution in [-0.2, 0) is 4.74 Å². The smallest absolute Gasteiger partial charge is 0.0947 e. The molecular formula is C7H11ClO2. The summed E-state index contributed by atoms with van der Waals surface area (Å²) in [6, 6.07) is 0. The maximum absolute atomic E-state index is 9.07. The summed E-state index contributed by atoms with van der Waals surface area (Å²) in [6.07, 6.45) is 3.06. The van der Waals surface area contributed by atoms with E-state index in [1.807, 2.05) is 6.08 Å². The molecule has 0 aromatic rings. The molecule has 1 rings (SSSR count). The molecule has 0 aliphatic carbocycles. The molecule has 1 heterocycles. The first-order valence-corrected chi connectivity index (χ1v) is 3.92. The van der Waals surface area contributed by atoms with E-state index >= 15 is 0 Å². The molecule has 0 spiro atoms. The van der Waals surface area contributed by atoms with E-state index in [9.17, 15) is 0 Å². The third-order valence-electron chi connectivity index (χ3n) is 1.39. The number of aliphatic hydroxyl groups excluding tert-OH is 1. The zero-order valence-corrected chi connectivity index (χ0v) is 6.47. The summed E-state index contributed by atoms with van der Waals surface area (Å²) >= 11 is 5.40. The van der Waals surface area contributed by atoms with Crippen LogP contribution in [0.2, 0.25) is 0 Å². The first-order chi connectivity index (χ1) is 4.83. The molecule has 3 heteroatoms. The van der Waals surface area contributed by atoms with Crippen LogP contribution in [0.1, 0.15) is 12.8 Å². The van der Waals surface area contributed by atoms with Crippen LogP contribution in [-0.4, -0.2) is 23.7 Å². The molecule has 0 saturated carbocycles. The number of rotatable bonds is 3. The number of ether oxygens (including phenoxy) is 1. The topological polar surface area (TPSA) is 29.5 Å². The Kier molecular flexibility index (Phi) is 3.03. The maximum atomic E-state index is 9.07. The maximum Gasteiger partial charge on any atom is 0.0947 e. The normalized spacial score (nSPS) is 20.0. The number of aliphatic hydroxyl groups is 1. The lowest BCUT2D eigenvalue weighted by atomic mass is 10.2. The summed E-state index contributed by atoms with van der Waals surface area (Å²) in [6.45, 7) is 0.754. The Bertz CT molecular complexity index is 134. The summed E-state index contributed by atoms with van der Waals surface area (Å²) < 4.78 is 5.17. The van der Waals surface area contributed by atoms with Gasteiger partial charge in [-0.25, -0.2) is 0 Å². The first kappa shape index (κ1) is 7.89. The summed E-state index contributed by atoms with van der Waals surface area (Å²) in [4.78, 5) is 0. The van der Waals surface area contributed by atoms with Crippen molar-refractivity contribution in [1.29, 1.82) is 0 Å². The van der Waals surface area contributed by atoms with Crippen molar-refractivity contribution < 1.29 is 9.84 Å². The van der Waals surface area contributed by atoms with Crippen LogP contribution in [0.15, 0.2) is 11.8 Å². The van der Waals surface area contributed by atoms with E-state index in [4.69, 9.17) is 21.4 Å². The van der Waals surface area contributed by atoms with E-state index in [1.165, 1.54) is 0 Å². The SMILES string of the molecule is OC(CCl)CC1=CCCO1. The molecule has 2 nitrogen and oxygen atoms in total. The molecular weight excluding hydrogens is 152 g/mol. The second-order valence-corrected chi connectivity index (χ2v) is 2.63. The Labute approximate surface area is 65.4 Å². The third-order valence-corrected chi connectivity index (χ3v) is 1.75. The van der Waals surface area contributed by atoms with Gasteiger partial charge in [0.25, 0.3) is 0 Å². The molecule has 0 saturated heterocycles. The molecule has 1 N–H and O–H groups in total. The van der Waals surface area contributed by atoms with Crippen LogP contribution in [0, 0.1) is 0 Å². The highest BCUT2D eigenvalue weighted by Crippen LogP contribution is 2.15. The molecule has 58 valence electrons. The molecule has 1 unspecified atom stereocenters. The van der Waals surface area contributed by atoms with Crippen LogP contribution < -0.4 is 0 Å². The summed E-state index contributed by atoms with van der Waals surface area (Å²) in [5.74, 6) is 1.16. The van der Waals surface area contributed by atoms with Crippen LogP contribution in [0.3, 0.4) is 0 Å². The lowest BCUT2D eigenvalue weighted by molar-refractivity contribution is 0.157. The van der Waals surface area contributed by atoms with Gasteiger partial charge in [0.1, 0.15) is 0 Å². The highest BCUT2D eigenvalue weighted by atomic mass is 35.5. The van der Waals surface area contributed by atoms with Gasteiger partial charge in [0, 0.05) is 18.7 Å². The van der Waals surface area contributed by atoms with E-state index in [1.54, 1.807) is 0 Å². The Hall–Kier alpha value is -0.210. The average molecular weight is 163 g/mol. The largest absolute Gasteiger partial charge is 0.498 e. The van der Waals surface area contributed by atoms with Crippen molar-refractivity contribution in [2.24, 2.45) is 0 Å². The molecule has 1 atom stereocenters. The van der Waals surface area contributed by atoms with Crippen molar-refractivity contribution in [3.8, 4) is 0 Å². The quantitative estimate of drug-likeness (QED) is 0.634. The molecule has 0 radical (unpaired) electrons. The van der Waals surface area contributed by atoms with Crippen molar-refractivity contribution in [3.05, 3.63) is 11.8 Å². The predicted molar refractivity (Wildman–Crippen MR) is 40.0 cm³/mol. The minimum atomic E-state index is -0.453. The molecule has 0 amide bonds. The van der Waals surface area contributed by atoms with Gasteiger partial charge in [-0.2, -0.15) is 0 Å². The van der Waals surface area contributed by atoms with Gasteiger partial charge in [-0.05, 0) is 6.08 Å². The van der Waals surface area contributed by atoms with Gasteiger partial charge in [0.15, 0.2) is 0 Å². The van der Waals surface area contributed by atoms with E-state index in [-0.39, 0.29) is 5.88 Å². The number of hydrogen-bond donors (Lipinski definition) is 1. The van der Waals surface area contributed by atoms with Crippen molar-refractivity contribution in [2.75, 3.05) is 12.5 Å². The van der Waals surface area contributed by atoms with Gasteiger partial charge in [-0.3, -0.25) is 0 Å². The van der Waals surface area contributed by atoms with E-state index in [0.29, 0.717) is 6.42 Å². The Morgan fingerprint density at radius 1 is 1.80 bits per heavy atom. The van der Waals surface area contributed by atoms with Crippen molar-refractivity contribution >= 4 is 11.6 Å². The van der Waals surface area contributed by atoms with Gasteiger partial charge in [-0.15, -0.1) is 11.6 Å². The van der Waals surface area contributed by atoms with Crippen LogP contribution in [0.5, 0.6) is 0 Å². The van der Waals surface area contributed by atoms with Gasteiger partial charge in [-0.1, -0.05) is 0 Å². The van der Waals surface area contributed by atoms with Crippen LogP contribution in [0.4, 0.5) is 0 Å². The van der Waals surface area contributed by atoms with E-state index in [2.05, 4.69) is 0 Å². The summed E-state index contributed by atoms with van der Waals surface area (Å²) in [5.41, 5.74) is 0. The van der Waals surface area contributed by atoms with Gasteiger partial charge < -0.3 is 9.84 Å². The number of alkyl halides is 1. The van der Waals surface area contributed by atoms with Crippen LogP contribution >= 0.6 is 11.6 Å². The first-order valence-electron chi connectivity index (χ1n) is 3.39.